The third kappa shape index (κ3) is 7.97. The highest BCUT2D eigenvalue weighted by Gasteiger charge is 2.35. The molecule has 0 aromatic heterocycles. The fraction of sp³-hybridized carbons (Fsp3) is 0.333. The molecule has 0 radical (unpaired) electrons. The molecule has 0 aliphatic carbocycles. The molecule has 0 aliphatic heterocycles. The molecular formula is C30H35ClN4O8S. The van der Waals surface area contributed by atoms with Crippen molar-refractivity contribution in [1.82, 2.24) is 10.2 Å². The van der Waals surface area contributed by atoms with Gasteiger partial charge in [-0.15, -0.1) is 0 Å². The molecule has 12 nitrogen and oxygen atoms in total. The van der Waals surface area contributed by atoms with Crippen molar-refractivity contribution < 1.29 is 32.4 Å². The fourth-order valence-electron chi connectivity index (χ4n) is 4.40. The molecule has 236 valence electrons. The Morgan fingerprint density at radius 2 is 1.73 bits per heavy atom. The van der Waals surface area contributed by atoms with E-state index in [2.05, 4.69) is 5.32 Å². The number of amides is 2. The maximum Gasteiger partial charge on any atom is 0.273 e. The predicted octanol–water partition coefficient (Wildman–Crippen LogP) is 4.71. The number of aryl methyl sites for hydroxylation is 1. The van der Waals surface area contributed by atoms with E-state index in [1.54, 1.807) is 38.1 Å². The van der Waals surface area contributed by atoms with Crippen molar-refractivity contribution in [3.05, 3.63) is 86.9 Å². The van der Waals surface area contributed by atoms with Crippen LogP contribution in [0.2, 0.25) is 5.02 Å². The van der Waals surface area contributed by atoms with Crippen molar-refractivity contribution in [2.24, 2.45) is 0 Å². The van der Waals surface area contributed by atoms with Gasteiger partial charge in [-0.05, 0) is 69.7 Å². The van der Waals surface area contributed by atoms with E-state index < -0.39 is 49.9 Å². The van der Waals surface area contributed by atoms with E-state index in [-0.39, 0.29) is 34.6 Å². The fourth-order valence-corrected chi connectivity index (χ4v) is 6.00. The number of nitrogens with one attached hydrogen (secondary N) is 1. The van der Waals surface area contributed by atoms with Gasteiger partial charge in [0.15, 0.2) is 0 Å². The monoisotopic (exact) mass is 646 g/mol. The molecule has 0 heterocycles. The lowest BCUT2D eigenvalue weighted by molar-refractivity contribution is -0.385. The first-order valence-electron chi connectivity index (χ1n) is 13.5. The minimum atomic E-state index is -4.63. The van der Waals surface area contributed by atoms with Crippen molar-refractivity contribution >= 4 is 44.8 Å². The van der Waals surface area contributed by atoms with Crippen molar-refractivity contribution in [2.75, 3.05) is 25.1 Å². The number of rotatable bonds is 13. The van der Waals surface area contributed by atoms with Gasteiger partial charge in [0.25, 0.3) is 15.7 Å². The molecule has 1 N–H and O–H groups in total. The summed E-state index contributed by atoms with van der Waals surface area (Å²) in [6.07, 6.45) is 0. The number of hydrogen-bond acceptors (Lipinski definition) is 8. The highest BCUT2D eigenvalue weighted by Crippen LogP contribution is 2.36. The van der Waals surface area contributed by atoms with Gasteiger partial charge in [0, 0.05) is 29.2 Å². The Bertz CT molecular complexity index is 1650. The summed E-state index contributed by atoms with van der Waals surface area (Å²) in [7, 11) is -1.81. The number of carbonyl (C=O) groups excluding carboxylic acids is 2. The zero-order valence-electron chi connectivity index (χ0n) is 25.2. The molecule has 3 aromatic carbocycles. The molecule has 0 bridgehead atoms. The Morgan fingerprint density at radius 1 is 1.02 bits per heavy atom. The minimum Gasteiger partial charge on any atom is -0.497 e. The Hall–Kier alpha value is -4.36. The van der Waals surface area contributed by atoms with Gasteiger partial charge in [-0.3, -0.25) is 24.0 Å². The van der Waals surface area contributed by atoms with Crippen LogP contribution in [0.15, 0.2) is 65.6 Å². The number of carbonyl (C=O) groups is 2. The van der Waals surface area contributed by atoms with E-state index in [1.807, 2.05) is 0 Å². The van der Waals surface area contributed by atoms with Crippen LogP contribution in [-0.2, 0) is 26.2 Å². The molecule has 1 atom stereocenters. The average Bonchev–Trinajstić information content (AvgIpc) is 2.97. The number of sulfonamides is 1. The van der Waals surface area contributed by atoms with E-state index in [4.69, 9.17) is 21.1 Å². The lowest BCUT2D eigenvalue weighted by Gasteiger charge is -2.32. The highest BCUT2D eigenvalue weighted by atomic mass is 35.5. The zero-order valence-corrected chi connectivity index (χ0v) is 26.8. The van der Waals surface area contributed by atoms with E-state index in [0.717, 1.165) is 10.4 Å². The van der Waals surface area contributed by atoms with E-state index >= 15 is 0 Å². The summed E-state index contributed by atoms with van der Waals surface area (Å²) in [5.74, 6) is -0.563. The molecule has 0 fully saturated rings. The zero-order chi connectivity index (χ0) is 32.8. The van der Waals surface area contributed by atoms with Crippen LogP contribution in [0, 0.1) is 17.0 Å². The Morgan fingerprint density at radius 3 is 2.34 bits per heavy atom. The largest absolute Gasteiger partial charge is 0.497 e. The van der Waals surface area contributed by atoms with Crippen LogP contribution >= 0.6 is 11.6 Å². The Labute approximate surface area is 261 Å². The van der Waals surface area contributed by atoms with Crippen LogP contribution in [0.3, 0.4) is 0 Å². The average molecular weight is 647 g/mol. The van der Waals surface area contributed by atoms with Crippen LogP contribution in [0.4, 0.5) is 11.4 Å². The summed E-state index contributed by atoms with van der Waals surface area (Å²) < 4.78 is 39.9. The number of nitrogens with zero attached hydrogens (tertiary/aromatic N) is 3. The number of anilines is 1. The third-order valence-electron chi connectivity index (χ3n) is 6.74. The standard InChI is InChI=1S/C30H35ClN4O8S/c1-19(2)32-30(37)21(4)33(17-22-8-7-9-24(14-22)42-5)29(36)18-34(27-15-23(31)11-13-28(27)43-6)44(40,41)25-12-10-20(3)26(16-25)35(38)39/h7-16,19,21H,17-18H2,1-6H3,(H,32,37)/t21-/m1/s1. The van der Waals surface area contributed by atoms with Gasteiger partial charge in [0.05, 0.1) is 29.7 Å². The molecule has 0 unspecified atom stereocenters. The normalized spacial score (nSPS) is 11.9. The number of nitro benzene ring substituents is 1. The molecule has 3 rings (SSSR count). The minimum absolute atomic E-state index is 0.0563. The number of hydrogen-bond donors (Lipinski definition) is 1. The second-order valence-electron chi connectivity index (χ2n) is 10.2. The van der Waals surface area contributed by atoms with Gasteiger partial charge in [-0.25, -0.2) is 8.42 Å². The lowest BCUT2D eigenvalue weighted by atomic mass is 10.1. The number of ether oxygens (including phenoxy) is 2. The number of halogens is 1. The number of nitro groups is 1. The smallest absolute Gasteiger partial charge is 0.273 e. The van der Waals surface area contributed by atoms with Crippen molar-refractivity contribution in [3.63, 3.8) is 0 Å². The first kappa shape index (κ1) is 34.1. The molecule has 0 saturated heterocycles. The topological polar surface area (TPSA) is 148 Å². The van der Waals surface area contributed by atoms with E-state index in [1.165, 1.54) is 63.3 Å². The molecule has 44 heavy (non-hydrogen) atoms. The van der Waals surface area contributed by atoms with Crippen LogP contribution in [-0.4, -0.2) is 62.9 Å². The van der Waals surface area contributed by atoms with Crippen molar-refractivity contribution in [3.8, 4) is 11.5 Å². The van der Waals surface area contributed by atoms with E-state index in [0.29, 0.717) is 11.3 Å². The van der Waals surface area contributed by atoms with Gasteiger partial charge in [-0.1, -0.05) is 29.8 Å². The SMILES string of the molecule is COc1cccc(CN(C(=O)CN(c2cc(Cl)ccc2OC)S(=O)(=O)c2ccc(C)c([N+](=O)[O-])c2)[C@H](C)C(=O)NC(C)C)c1. The van der Waals surface area contributed by atoms with Gasteiger partial charge >= 0.3 is 0 Å². The first-order valence-corrected chi connectivity index (χ1v) is 15.4. The highest BCUT2D eigenvalue weighted by molar-refractivity contribution is 7.92. The molecule has 2 amide bonds. The van der Waals surface area contributed by atoms with Gasteiger partial charge < -0.3 is 19.7 Å². The summed E-state index contributed by atoms with van der Waals surface area (Å²) in [5, 5.41) is 14.6. The Balaban J connectivity index is 2.17. The molecular weight excluding hydrogens is 612 g/mol. The maximum absolute atomic E-state index is 14.2. The van der Waals surface area contributed by atoms with Crippen LogP contribution in [0.25, 0.3) is 0 Å². The lowest BCUT2D eigenvalue weighted by Crippen LogP contribution is -2.52. The maximum atomic E-state index is 14.2. The van der Waals surface area contributed by atoms with E-state index in [9.17, 15) is 28.1 Å². The molecule has 0 saturated carbocycles. The second kappa shape index (κ2) is 14.4. The second-order valence-corrected chi connectivity index (χ2v) is 12.5. The van der Waals surface area contributed by atoms with Crippen LogP contribution < -0.4 is 19.1 Å². The quantitative estimate of drug-likeness (QED) is 0.207. The first-order chi connectivity index (χ1) is 20.7. The summed E-state index contributed by atoms with van der Waals surface area (Å²) >= 11 is 6.25. The van der Waals surface area contributed by atoms with Crippen LogP contribution in [0.5, 0.6) is 11.5 Å². The van der Waals surface area contributed by atoms with Crippen LogP contribution in [0.1, 0.15) is 31.9 Å². The van der Waals surface area contributed by atoms with Gasteiger partial charge in [-0.2, -0.15) is 0 Å². The molecule has 0 aliphatic rings. The summed E-state index contributed by atoms with van der Waals surface area (Å²) in [6.45, 7) is 5.73. The summed E-state index contributed by atoms with van der Waals surface area (Å²) in [5.41, 5.74) is 0.406. The summed E-state index contributed by atoms with van der Waals surface area (Å²) in [6, 6.07) is 13.4. The molecule has 0 spiro atoms. The molecule has 14 heteroatoms. The van der Waals surface area contributed by atoms with Crippen molar-refractivity contribution in [1.29, 1.82) is 0 Å². The number of methoxy groups -OCH3 is 2. The number of benzene rings is 3. The van der Waals surface area contributed by atoms with Gasteiger partial charge in [0.2, 0.25) is 11.8 Å². The summed E-state index contributed by atoms with van der Waals surface area (Å²) in [4.78, 5) is 39.0. The predicted molar refractivity (Wildman–Crippen MR) is 167 cm³/mol. The third-order valence-corrected chi connectivity index (χ3v) is 8.73. The van der Waals surface area contributed by atoms with Crippen molar-refractivity contribution in [2.45, 2.75) is 51.2 Å². The Kier molecular flexibility index (Phi) is 11.2. The molecule has 3 aromatic rings. The van der Waals surface area contributed by atoms with Gasteiger partial charge in [0.1, 0.15) is 24.1 Å².